The molecule has 27 heavy (non-hydrogen) atoms. The highest BCUT2D eigenvalue weighted by atomic mass is 15.3. The lowest BCUT2D eigenvalue weighted by atomic mass is 10.2. The standard InChI is InChI=1S/C18H23N9/c1-24(2)16-8-17(21-13-20-16)26-4-6-27(7-5-26)18-11-19-10-15(23-18)14-9-22-25(3)12-14/h8-13H,4-7H2,1-3H3. The van der Waals surface area contributed by atoms with Crippen molar-refractivity contribution in [3.8, 4) is 11.3 Å². The van der Waals surface area contributed by atoms with E-state index in [-0.39, 0.29) is 0 Å². The molecule has 1 fully saturated rings. The lowest BCUT2D eigenvalue weighted by Gasteiger charge is -2.36. The van der Waals surface area contributed by atoms with Gasteiger partial charge in [0.05, 0.1) is 24.3 Å². The summed E-state index contributed by atoms with van der Waals surface area (Å²) in [7, 11) is 5.87. The molecule has 140 valence electrons. The molecule has 0 aromatic carbocycles. The van der Waals surface area contributed by atoms with Gasteiger partial charge in [-0.05, 0) is 0 Å². The van der Waals surface area contributed by atoms with E-state index in [1.165, 1.54) is 0 Å². The zero-order valence-corrected chi connectivity index (χ0v) is 15.8. The van der Waals surface area contributed by atoms with E-state index in [2.05, 4.69) is 29.9 Å². The van der Waals surface area contributed by atoms with Crippen molar-refractivity contribution in [1.29, 1.82) is 0 Å². The average molecular weight is 365 g/mol. The zero-order valence-electron chi connectivity index (χ0n) is 15.8. The first-order valence-corrected chi connectivity index (χ1v) is 8.90. The Morgan fingerprint density at radius 2 is 1.67 bits per heavy atom. The van der Waals surface area contributed by atoms with Crippen molar-refractivity contribution in [3.05, 3.63) is 37.2 Å². The highest BCUT2D eigenvalue weighted by molar-refractivity contribution is 5.58. The van der Waals surface area contributed by atoms with Crippen molar-refractivity contribution in [2.24, 2.45) is 7.05 Å². The fourth-order valence-corrected chi connectivity index (χ4v) is 3.12. The molecule has 0 atom stereocenters. The number of piperazine rings is 1. The van der Waals surface area contributed by atoms with Gasteiger partial charge in [-0.25, -0.2) is 15.0 Å². The van der Waals surface area contributed by atoms with Crippen molar-refractivity contribution >= 4 is 17.5 Å². The van der Waals surface area contributed by atoms with Gasteiger partial charge in [-0.3, -0.25) is 9.67 Å². The van der Waals surface area contributed by atoms with E-state index in [1.54, 1.807) is 17.2 Å². The topological polar surface area (TPSA) is 79.1 Å². The molecule has 1 aliphatic rings. The number of hydrogen-bond donors (Lipinski definition) is 0. The first kappa shape index (κ1) is 17.2. The highest BCUT2D eigenvalue weighted by Crippen LogP contribution is 2.22. The van der Waals surface area contributed by atoms with Gasteiger partial charge in [0.2, 0.25) is 0 Å². The van der Waals surface area contributed by atoms with Crippen LogP contribution in [0.1, 0.15) is 0 Å². The van der Waals surface area contributed by atoms with Crippen molar-refractivity contribution in [1.82, 2.24) is 29.7 Å². The molecule has 0 N–H and O–H groups in total. The van der Waals surface area contributed by atoms with Crippen molar-refractivity contribution in [2.75, 3.05) is 55.0 Å². The molecule has 0 saturated carbocycles. The maximum absolute atomic E-state index is 4.77. The predicted octanol–water partition coefficient (Wildman–Crippen LogP) is 1.06. The summed E-state index contributed by atoms with van der Waals surface area (Å²) in [6, 6.07) is 2.03. The molecule has 0 radical (unpaired) electrons. The quantitative estimate of drug-likeness (QED) is 0.679. The maximum atomic E-state index is 4.77. The van der Waals surface area contributed by atoms with E-state index in [0.717, 1.165) is 54.9 Å². The van der Waals surface area contributed by atoms with Crippen molar-refractivity contribution < 1.29 is 0 Å². The first-order valence-electron chi connectivity index (χ1n) is 8.90. The molecular weight excluding hydrogens is 342 g/mol. The molecule has 9 heteroatoms. The second-order valence-corrected chi connectivity index (χ2v) is 6.77. The second kappa shape index (κ2) is 7.18. The van der Waals surface area contributed by atoms with Crippen LogP contribution in [0.2, 0.25) is 0 Å². The third-order valence-corrected chi connectivity index (χ3v) is 4.65. The smallest absolute Gasteiger partial charge is 0.147 e. The third kappa shape index (κ3) is 3.67. The van der Waals surface area contributed by atoms with Crippen LogP contribution in [0.25, 0.3) is 11.3 Å². The largest absolute Gasteiger partial charge is 0.363 e. The molecule has 0 aliphatic carbocycles. The number of rotatable bonds is 4. The molecule has 3 aromatic rings. The number of anilines is 3. The molecule has 4 heterocycles. The van der Waals surface area contributed by atoms with E-state index in [1.807, 2.05) is 50.7 Å². The summed E-state index contributed by atoms with van der Waals surface area (Å²) < 4.78 is 1.77. The minimum atomic E-state index is 0.842. The summed E-state index contributed by atoms with van der Waals surface area (Å²) in [5.41, 5.74) is 1.82. The normalized spacial score (nSPS) is 14.5. The number of aryl methyl sites for hydroxylation is 1. The van der Waals surface area contributed by atoms with Gasteiger partial charge in [-0.15, -0.1) is 0 Å². The Kier molecular flexibility index (Phi) is 4.57. The van der Waals surface area contributed by atoms with E-state index >= 15 is 0 Å². The minimum absolute atomic E-state index is 0.842. The van der Waals surface area contributed by atoms with E-state index < -0.39 is 0 Å². The van der Waals surface area contributed by atoms with Crippen LogP contribution >= 0.6 is 0 Å². The van der Waals surface area contributed by atoms with Crippen LogP contribution in [-0.4, -0.2) is 70.0 Å². The van der Waals surface area contributed by atoms with Crippen molar-refractivity contribution in [2.45, 2.75) is 0 Å². The number of nitrogens with zero attached hydrogens (tertiary/aromatic N) is 9. The highest BCUT2D eigenvalue weighted by Gasteiger charge is 2.20. The van der Waals surface area contributed by atoms with Crippen LogP contribution in [-0.2, 0) is 7.05 Å². The van der Waals surface area contributed by atoms with Crippen LogP contribution in [0.4, 0.5) is 17.5 Å². The molecule has 1 saturated heterocycles. The predicted molar refractivity (Wildman–Crippen MR) is 105 cm³/mol. The Labute approximate surface area is 158 Å². The number of aromatic nitrogens is 6. The first-order chi connectivity index (χ1) is 13.1. The van der Waals surface area contributed by atoms with Crippen molar-refractivity contribution in [3.63, 3.8) is 0 Å². The van der Waals surface area contributed by atoms with Gasteiger partial charge in [-0.2, -0.15) is 5.10 Å². The second-order valence-electron chi connectivity index (χ2n) is 6.77. The van der Waals surface area contributed by atoms with Gasteiger partial charge in [0.1, 0.15) is 23.8 Å². The Hall–Kier alpha value is -3.23. The Morgan fingerprint density at radius 1 is 0.926 bits per heavy atom. The Balaban J connectivity index is 1.46. The summed E-state index contributed by atoms with van der Waals surface area (Å²) in [6.45, 7) is 3.49. The van der Waals surface area contributed by atoms with Gasteiger partial charge in [0.15, 0.2) is 0 Å². The summed E-state index contributed by atoms with van der Waals surface area (Å²) in [4.78, 5) is 24.4. The van der Waals surface area contributed by atoms with Crippen LogP contribution < -0.4 is 14.7 Å². The Bertz CT molecular complexity index is 912. The van der Waals surface area contributed by atoms with Gasteiger partial charge in [0.25, 0.3) is 0 Å². The molecule has 0 unspecified atom stereocenters. The molecule has 0 bridgehead atoms. The lowest BCUT2D eigenvalue weighted by molar-refractivity contribution is 0.640. The molecule has 9 nitrogen and oxygen atoms in total. The summed E-state index contributed by atoms with van der Waals surface area (Å²) in [6.07, 6.45) is 8.98. The van der Waals surface area contributed by atoms with Crippen LogP contribution in [0.15, 0.2) is 37.2 Å². The van der Waals surface area contributed by atoms with Crippen LogP contribution in [0.5, 0.6) is 0 Å². The Morgan fingerprint density at radius 3 is 2.33 bits per heavy atom. The lowest BCUT2D eigenvalue weighted by Crippen LogP contribution is -2.47. The molecule has 3 aromatic heterocycles. The molecule has 0 spiro atoms. The van der Waals surface area contributed by atoms with E-state index in [9.17, 15) is 0 Å². The van der Waals surface area contributed by atoms with Crippen LogP contribution in [0, 0.1) is 0 Å². The van der Waals surface area contributed by atoms with Crippen LogP contribution in [0.3, 0.4) is 0 Å². The SMILES string of the molecule is CN(C)c1cc(N2CCN(c3cncc(-c4cnn(C)c4)n3)CC2)ncn1. The molecule has 1 aliphatic heterocycles. The monoisotopic (exact) mass is 365 g/mol. The zero-order chi connectivity index (χ0) is 18.8. The molecule has 0 amide bonds. The van der Waals surface area contributed by atoms with E-state index in [4.69, 9.17) is 4.98 Å². The molecule has 4 rings (SSSR count). The fourth-order valence-electron chi connectivity index (χ4n) is 3.12. The summed E-state index contributed by atoms with van der Waals surface area (Å²) >= 11 is 0. The van der Waals surface area contributed by atoms with Gasteiger partial charge in [0, 0.05) is 65.1 Å². The maximum Gasteiger partial charge on any atom is 0.147 e. The minimum Gasteiger partial charge on any atom is -0.363 e. The van der Waals surface area contributed by atoms with E-state index in [0.29, 0.717) is 0 Å². The average Bonchev–Trinajstić information content (AvgIpc) is 3.15. The van der Waals surface area contributed by atoms with Gasteiger partial charge >= 0.3 is 0 Å². The summed E-state index contributed by atoms with van der Waals surface area (Å²) in [5.74, 6) is 2.77. The van der Waals surface area contributed by atoms with Gasteiger partial charge in [-0.1, -0.05) is 0 Å². The fraction of sp³-hybridized carbons (Fsp3) is 0.389. The number of hydrogen-bond acceptors (Lipinski definition) is 8. The van der Waals surface area contributed by atoms with Gasteiger partial charge < -0.3 is 14.7 Å². The third-order valence-electron chi connectivity index (χ3n) is 4.65. The summed E-state index contributed by atoms with van der Waals surface area (Å²) in [5, 5.41) is 4.21. The molecular formula is C18H23N9.